The molecule has 1 N–H and O–H groups in total. The van der Waals surface area contributed by atoms with E-state index < -0.39 is 0 Å². The zero-order valence-electron chi connectivity index (χ0n) is 13.2. The van der Waals surface area contributed by atoms with Gasteiger partial charge in [0.1, 0.15) is 5.76 Å². The van der Waals surface area contributed by atoms with E-state index in [1.165, 1.54) is 25.7 Å². The summed E-state index contributed by atoms with van der Waals surface area (Å²) in [6.45, 7) is 11.3. The van der Waals surface area contributed by atoms with E-state index in [0.29, 0.717) is 11.3 Å². The smallest absolute Gasteiger partial charge is 0.104 e. The SMILES string of the molecule is CCCCC(CC)(CNCC(C)C)Cc1ccco1. The van der Waals surface area contributed by atoms with Crippen LogP contribution in [0, 0.1) is 11.3 Å². The van der Waals surface area contributed by atoms with Gasteiger partial charge in [-0.05, 0) is 42.9 Å². The highest BCUT2D eigenvalue weighted by Crippen LogP contribution is 2.32. The maximum Gasteiger partial charge on any atom is 0.104 e. The van der Waals surface area contributed by atoms with E-state index in [-0.39, 0.29) is 0 Å². The highest BCUT2D eigenvalue weighted by Gasteiger charge is 2.28. The molecule has 1 unspecified atom stereocenters. The highest BCUT2D eigenvalue weighted by atomic mass is 16.3. The van der Waals surface area contributed by atoms with Gasteiger partial charge in [-0.25, -0.2) is 0 Å². The molecule has 19 heavy (non-hydrogen) atoms. The van der Waals surface area contributed by atoms with Crippen LogP contribution in [0.25, 0.3) is 0 Å². The van der Waals surface area contributed by atoms with Crippen LogP contribution in [0.3, 0.4) is 0 Å². The van der Waals surface area contributed by atoms with Gasteiger partial charge in [-0.3, -0.25) is 0 Å². The molecule has 0 aliphatic carbocycles. The van der Waals surface area contributed by atoms with Crippen LogP contribution >= 0.6 is 0 Å². The van der Waals surface area contributed by atoms with Crippen LogP contribution in [0.4, 0.5) is 0 Å². The van der Waals surface area contributed by atoms with E-state index in [1.54, 1.807) is 6.26 Å². The number of rotatable bonds is 10. The molecule has 0 bridgehead atoms. The molecule has 0 aliphatic heterocycles. The van der Waals surface area contributed by atoms with Crippen LogP contribution in [0.15, 0.2) is 22.8 Å². The molecule has 1 heterocycles. The van der Waals surface area contributed by atoms with Gasteiger partial charge in [-0.15, -0.1) is 0 Å². The monoisotopic (exact) mass is 265 g/mol. The largest absolute Gasteiger partial charge is 0.469 e. The van der Waals surface area contributed by atoms with Crippen molar-refractivity contribution in [2.75, 3.05) is 13.1 Å². The Hall–Kier alpha value is -0.760. The first kappa shape index (κ1) is 16.3. The summed E-state index contributed by atoms with van der Waals surface area (Å²) in [4.78, 5) is 0. The molecule has 1 rings (SSSR count). The van der Waals surface area contributed by atoms with Crippen LogP contribution in [-0.4, -0.2) is 13.1 Å². The zero-order valence-corrected chi connectivity index (χ0v) is 13.2. The second-order valence-electron chi connectivity index (χ2n) is 6.24. The maximum absolute atomic E-state index is 5.57. The van der Waals surface area contributed by atoms with Crippen LogP contribution < -0.4 is 5.32 Å². The standard InChI is InChI=1S/C17H31NO/c1-5-7-10-17(6-2,14-18-13-15(3)4)12-16-9-8-11-19-16/h8-9,11,15,18H,5-7,10,12-14H2,1-4H3. The minimum absolute atomic E-state index is 0.350. The highest BCUT2D eigenvalue weighted by molar-refractivity contribution is 5.03. The average Bonchev–Trinajstić information content (AvgIpc) is 2.88. The number of unbranched alkanes of at least 4 members (excludes halogenated alkanes) is 1. The minimum Gasteiger partial charge on any atom is -0.469 e. The van der Waals surface area contributed by atoms with Crippen molar-refractivity contribution in [3.63, 3.8) is 0 Å². The van der Waals surface area contributed by atoms with Crippen molar-refractivity contribution in [3.8, 4) is 0 Å². The van der Waals surface area contributed by atoms with E-state index in [4.69, 9.17) is 4.42 Å². The Bertz CT molecular complexity index is 318. The molecule has 1 aromatic rings. The predicted octanol–water partition coefficient (Wildman–Crippen LogP) is 4.65. The fraction of sp³-hybridized carbons (Fsp3) is 0.765. The Morgan fingerprint density at radius 3 is 2.63 bits per heavy atom. The van der Waals surface area contributed by atoms with Gasteiger partial charge in [0.05, 0.1) is 6.26 Å². The normalized spacial score (nSPS) is 14.8. The Kier molecular flexibility index (Phi) is 7.22. The Morgan fingerprint density at radius 2 is 2.11 bits per heavy atom. The van der Waals surface area contributed by atoms with Gasteiger partial charge in [0.2, 0.25) is 0 Å². The molecule has 1 atom stereocenters. The number of nitrogens with one attached hydrogen (secondary N) is 1. The topological polar surface area (TPSA) is 25.2 Å². The van der Waals surface area contributed by atoms with E-state index >= 15 is 0 Å². The lowest BCUT2D eigenvalue weighted by Gasteiger charge is -2.33. The predicted molar refractivity (Wildman–Crippen MR) is 82.4 cm³/mol. The first-order valence-electron chi connectivity index (χ1n) is 7.85. The van der Waals surface area contributed by atoms with Gasteiger partial charge in [-0.1, -0.05) is 40.5 Å². The van der Waals surface area contributed by atoms with Crippen molar-refractivity contribution in [1.29, 1.82) is 0 Å². The third-order valence-corrected chi connectivity index (χ3v) is 3.99. The molecule has 110 valence electrons. The zero-order chi connectivity index (χ0) is 14.1. The first-order valence-corrected chi connectivity index (χ1v) is 7.85. The lowest BCUT2D eigenvalue weighted by Crippen LogP contribution is -2.37. The minimum atomic E-state index is 0.350. The summed E-state index contributed by atoms with van der Waals surface area (Å²) >= 11 is 0. The van der Waals surface area contributed by atoms with Crippen molar-refractivity contribution < 1.29 is 4.42 Å². The Balaban J connectivity index is 2.63. The van der Waals surface area contributed by atoms with E-state index in [9.17, 15) is 0 Å². The Morgan fingerprint density at radius 1 is 1.32 bits per heavy atom. The quantitative estimate of drug-likeness (QED) is 0.666. The third-order valence-electron chi connectivity index (χ3n) is 3.99. The molecule has 0 saturated heterocycles. The number of furan rings is 1. The van der Waals surface area contributed by atoms with Gasteiger partial charge in [0.25, 0.3) is 0 Å². The van der Waals surface area contributed by atoms with Crippen LogP contribution in [0.1, 0.15) is 59.1 Å². The van der Waals surface area contributed by atoms with Crippen molar-refractivity contribution in [2.45, 2.75) is 59.8 Å². The lowest BCUT2D eigenvalue weighted by atomic mass is 9.76. The molecule has 0 fully saturated rings. The molecule has 2 nitrogen and oxygen atoms in total. The summed E-state index contributed by atoms with van der Waals surface area (Å²) in [6.07, 6.45) is 7.91. The summed E-state index contributed by atoms with van der Waals surface area (Å²) in [7, 11) is 0. The van der Waals surface area contributed by atoms with Gasteiger partial charge >= 0.3 is 0 Å². The van der Waals surface area contributed by atoms with Gasteiger partial charge in [-0.2, -0.15) is 0 Å². The van der Waals surface area contributed by atoms with Crippen molar-refractivity contribution in [1.82, 2.24) is 5.32 Å². The third kappa shape index (κ3) is 5.82. The van der Waals surface area contributed by atoms with E-state index in [0.717, 1.165) is 25.3 Å². The molecule has 0 saturated carbocycles. The van der Waals surface area contributed by atoms with Gasteiger partial charge in [0, 0.05) is 13.0 Å². The fourth-order valence-electron chi connectivity index (χ4n) is 2.63. The average molecular weight is 265 g/mol. The fourth-order valence-corrected chi connectivity index (χ4v) is 2.63. The summed E-state index contributed by atoms with van der Waals surface area (Å²) in [6, 6.07) is 4.11. The number of hydrogen-bond donors (Lipinski definition) is 1. The van der Waals surface area contributed by atoms with Gasteiger partial charge in [0.15, 0.2) is 0 Å². The molecule has 0 amide bonds. The maximum atomic E-state index is 5.57. The summed E-state index contributed by atoms with van der Waals surface area (Å²) in [5.41, 5.74) is 0.350. The molecule has 0 radical (unpaired) electrons. The summed E-state index contributed by atoms with van der Waals surface area (Å²) < 4.78 is 5.57. The number of hydrogen-bond acceptors (Lipinski definition) is 2. The van der Waals surface area contributed by atoms with Crippen molar-refractivity contribution in [2.24, 2.45) is 11.3 Å². The molecular formula is C17H31NO. The molecule has 0 spiro atoms. The Labute approximate surface area is 119 Å². The molecule has 0 aliphatic rings. The molecular weight excluding hydrogens is 234 g/mol. The van der Waals surface area contributed by atoms with Crippen LogP contribution in [0.2, 0.25) is 0 Å². The summed E-state index contributed by atoms with van der Waals surface area (Å²) in [5.74, 6) is 1.84. The van der Waals surface area contributed by atoms with Crippen molar-refractivity contribution >= 4 is 0 Å². The van der Waals surface area contributed by atoms with Crippen molar-refractivity contribution in [3.05, 3.63) is 24.2 Å². The van der Waals surface area contributed by atoms with E-state index in [2.05, 4.69) is 39.1 Å². The molecule has 0 aromatic carbocycles. The summed E-state index contributed by atoms with van der Waals surface area (Å²) in [5, 5.41) is 3.66. The molecule has 1 aromatic heterocycles. The van der Waals surface area contributed by atoms with Crippen LogP contribution in [-0.2, 0) is 6.42 Å². The van der Waals surface area contributed by atoms with E-state index in [1.807, 2.05) is 6.07 Å². The molecule has 2 heteroatoms. The second kappa shape index (κ2) is 8.42. The van der Waals surface area contributed by atoms with Crippen LogP contribution in [0.5, 0.6) is 0 Å². The second-order valence-corrected chi connectivity index (χ2v) is 6.24. The van der Waals surface area contributed by atoms with Gasteiger partial charge < -0.3 is 9.73 Å². The first-order chi connectivity index (χ1) is 9.12. The lowest BCUT2D eigenvalue weighted by molar-refractivity contribution is 0.212.